The minimum Gasteiger partial charge on any atom is -0.368 e. The van der Waals surface area contributed by atoms with Crippen molar-refractivity contribution in [3.63, 3.8) is 0 Å². The number of imidazole rings is 1. The van der Waals surface area contributed by atoms with Crippen LogP contribution in [0.5, 0.6) is 0 Å². The molecule has 3 aromatic heterocycles. The Hall–Kier alpha value is -3.46. The molecular formula is C24H26FN7O. The zero-order valence-corrected chi connectivity index (χ0v) is 18.7. The third kappa shape index (κ3) is 3.34. The Bertz CT molecular complexity index is 1390. The molecule has 0 spiro atoms. The summed E-state index contributed by atoms with van der Waals surface area (Å²) in [5.74, 6) is -0.142. The van der Waals surface area contributed by atoms with E-state index in [2.05, 4.69) is 25.6 Å². The number of aryl methyl sites for hydroxylation is 2. The van der Waals surface area contributed by atoms with Crippen LogP contribution >= 0.6 is 0 Å². The number of carbonyl (C=O) groups excluding carboxylic acids is 1. The van der Waals surface area contributed by atoms with Gasteiger partial charge in [-0.05, 0) is 50.9 Å². The topological polar surface area (TPSA) is 79.5 Å². The number of aromatic nitrogens is 4. The van der Waals surface area contributed by atoms with E-state index in [-0.39, 0.29) is 11.6 Å². The maximum Gasteiger partial charge on any atom is 0.257 e. The van der Waals surface area contributed by atoms with Crippen molar-refractivity contribution in [1.82, 2.24) is 24.5 Å². The standard InChI is InChI=1S/C24H26FN7O/c1-14-11-31-12-16(9-19(25)23(31)27-14)28-24(33)17-3-4-21(18-13-30(2)29-22(17)18)32-8-6-15-10-26-7-5-20(15)32/h3-4,9,11-13,15,20,26H,5-8,10H2,1-2H3,(H,28,33). The maximum absolute atomic E-state index is 14.5. The second kappa shape index (κ2) is 7.55. The van der Waals surface area contributed by atoms with Gasteiger partial charge < -0.3 is 19.9 Å². The van der Waals surface area contributed by atoms with E-state index >= 15 is 0 Å². The fourth-order valence-corrected chi connectivity index (χ4v) is 5.47. The van der Waals surface area contributed by atoms with Crippen LogP contribution < -0.4 is 15.5 Å². The lowest BCUT2D eigenvalue weighted by atomic mass is 9.94. The van der Waals surface area contributed by atoms with Gasteiger partial charge in [0.25, 0.3) is 5.91 Å². The first-order valence-electron chi connectivity index (χ1n) is 11.4. The SMILES string of the molecule is Cc1cn2cc(NC(=O)c3ccc(N4CCC5CNCCC54)c4cn(C)nc34)cc(F)c2n1. The molecule has 0 saturated carbocycles. The average Bonchev–Trinajstić information content (AvgIpc) is 3.48. The van der Waals surface area contributed by atoms with E-state index in [0.29, 0.717) is 34.4 Å². The summed E-state index contributed by atoms with van der Waals surface area (Å²) in [5.41, 5.74) is 3.57. The van der Waals surface area contributed by atoms with Crippen molar-refractivity contribution in [3.8, 4) is 0 Å². The van der Waals surface area contributed by atoms with E-state index in [4.69, 9.17) is 0 Å². The Labute approximate surface area is 190 Å². The lowest BCUT2D eigenvalue weighted by molar-refractivity contribution is 0.102. The van der Waals surface area contributed by atoms with E-state index in [9.17, 15) is 9.18 Å². The van der Waals surface area contributed by atoms with Gasteiger partial charge in [0.15, 0.2) is 11.5 Å². The van der Waals surface area contributed by atoms with Gasteiger partial charge in [-0.3, -0.25) is 9.48 Å². The monoisotopic (exact) mass is 447 g/mol. The van der Waals surface area contributed by atoms with Crippen molar-refractivity contribution in [2.75, 3.05) is 29.9 Å². The number of nitrogens with one attached hydrogen (secondary N) is 2. The molecule has 1 amide bonds. The molecule has 4 aromatic rings. The molecular weight excluding hydrogens is 421 g/mol. The van der Waals surface area contributed by atoms with Gasteiger partial charge in [-0.15, -0.1) is 0 Å². The second-order valence-electron chi connectivity index (χ2n) is 9.14. The molecule has 2 atom stereocenters. The Morgan fingerprint density at radius 1 is 1.24 bits per heavy atom. The number of carbonyl (C=O) groups is 1. The molecule has 2 aliphatic rings. The summed E-state index contributed by atoms with van der Waals surface area (Å²) < 4.78 is 17.8. The van der Waals surface area contributed by atoms with Crippen LogP contribution in [0.3, 0.4) is 0 Å². The van der Waals surface area contributed by atoms with Crippen LogP contribution in [0.2, 0.25) is 0 Å². The number of pyridine rings is 1. The predicted molar refractivity (Wildman–Crippen MR) is 125 cm³/mol. The van der Waals surface area contributed by atoms with Crippen LogP contribution in [0.25, 0.3) is 16.6 Å². The first kappa shape index (κ1) is 20.2. The first-order chi connectivity index (χ1) is 16.0. The Kier molecular flexibility index (Phi) is 4.62. The summed E-state index contributed by atoms with van der Waals surface area (Å²) in [6, 6.07) is 5.69. The molecule has 2 aliphatic heterocycles. The van der Waals surface area contributed by atoms with Crippen LogP contribution in [0, 0.1) is 18.7 Å². The maximum atomic E-state index is 14.5. The quantitative estimate of drug-likeness (QED) is 0.505. The summed E-state index contributed by atoms with van der Waals surface area (Å²) in [6.45, 7) is 4.91. The smallest absolute Gasteiger partial charge is 0.257 e. The third-order valence-corrected chi connectivity index (χ3v) is 6.92. The third-order valence-electron chi connectivity index (χ3n) is 6.92. The van der Waals surface area contributed by atoms with Gasteiger partial charge in [0.2, 0.25) is 0 Å². The summed E-state index contributed by atoms with van der Waals surface area (Å²) in [6.07, 6.45) is 7.67. The minimum atomic E-state index is -0.482. The number of rotatable bonds is 3. The van der Waals surface area contributed by atoms with Crippen molar-refractivity contribution >= 4 is 33.8 Å². The van der Waals surface area contributed by atoms with Crippen LogP contribution in [-0.4, -0.2) is 50.7 Å². The molecule has 2 unspecified atom stereocenters. The summed E-state index contributed by atoms with van der Waals surface area (Å²) in [4.78, 5) is 19.9. The highest BCUT2D eigenvalue weighted by Crippen LogP contribution is 2.37. The second-order valence-corrected chi connectivity index (χ2v) is 9.14. The predicted octanol–water partition coefficient (Wildman–Crippen LogP) is 3.11. The number of nitrogens with zero attached hydrogens (tertiary/aromatic N) is 5. The van der Waals surface area contributed by atoms with E-state index < -0.39 is 5.82 Å². The number of halogens is 1. The van der Waals surface area contributed by atoms with Gasteiger partial charge in [-0.25, -0.2) is 9.37 Å². The molecule has 0 radical (unpaired) electrons. The van der Waals surface area contributed by atoms with Crippen molar-refractivity contribution in [1.29, 1.82) is 0 Å². The van der Waals surface area contributed by atoms with Gasteiger partial charge in [0.05, 0.1) is 16.9 Å². The van der Waals surface area contributed by atoms with Gasteiger partial charge in [0.1, 0.15) is 5.52 Å². The molecule has 8 nitrogen and oxygen atoms in total. The number of anilines is 2. The van der Waals surface area contributed by atoms with Crippen LogP contribution in [-0.2, 0) is 7.05 Å². The van der Waals surface area contributed by atoms with Gasteiger partial charge in [0, 0.05) is 55.4 Å². The highest BCUT2D eigenvalue weighted by molar-refractivity contribution is 6.14. The first-order valence-corrected chi connectivity index (χ1v) is 11.4. The molecule has 9 heteroatoms. The average molecular weight is 448 g/mol. The number of amides is 1. The summed E-state index contributed by atoms with van der Waals surface area (Å²) in [7, 11) is 1.87. The fraction of sp³-hybridized carbons (Fsp3) is 0.375. The highest BCUT2D eigenvalue weighted by Gasteiger charge is 2.36. The molecule has 0 aliphatic carbocycles. The largest absolute Gasteiger partial charge is 0.368 e. The van der Waals surface area contributed by atoms with E-state index in [1.54, 1.807) is 28.4 Å². The normalized spacial score (nSPS) is 20.5. The van der Waals surface area contributed by atoms with Crippen LogP contribution in [0.15, 0.2) is 36.8 Å². The number of hydrogen-bond acceptors (Lipinski definition) is 5. The van der Waals surface area contributed by atoms with Gasteiger partial charge in [-0.1, -0.05) is 0 Å². The molecule has 170 valence electrons. The number of benzene rings is 1. The molecule has 1 aromatic carbocycles. The number of piperidine rings is 1. The molecule has 6 rings (SSSR count). The molecule has 0 bridgehead atoms. The van der Waals surface area contributed by atoms with Crippen molar-refractivity contribution in [2.24, 2.45) is 13.0 Å². The zero-order valence-electron chi connectivity index (χ0n) is 18.7. The molecule has 33 heavy (non-hydrogen) atoms. The van der Waals surface area contributed by atoms with E-state index in [1.165, 1.54) is 12.5 Å². The van der Waals surface area contributed by atoms with E-state index in [1.807, 2.05) is 25.4 Å². The van der Waals surface area contributed by atoms with Crippen molar-refractivity contribution in [2.45, 2.75) is 25.8 Å². The van der Waals surface area contributed by atoms with Gasteiger partial charge in [-0.2, -0.15) is 5.10 Å². The fourth-order valence-electron chi connectivity index (χ4n) is 5.47. The number of fused-ring (bicyclic) bond motifs is 3. The lowest BCUT2D eigenvalue weighted by Crippen LogP contribution is -2.43. The van der Waals surface area contributed by atoms with Crippen molar-refractivity contribution < 1.29 is 9.18 Å². The molecule has 2 N–H and O–H groups in total. The summed E-state index contributed by atoms with van der Waals surface area (Å²) >= 11 is 0. The van der Waals surface area contributed by atoms with E-state index in [0.717, 1.165) is 37.1 Å². The van der Waals surface area contributed by atoms with Crippen LogP contribution in [0.1, 0.15) is 28.9 Å². The molecule has 5 heterocycles. The molecule has 2 fully saturated rings. The summed E-state index contributed by atoms with van der Waals surface area (Å²) in [5, 5.41) is 11.9. The van der Waals surface area contributed by atoms with Crippen LogP contribution in [0.4, 0.5) is 15.8 Å². The Morgan fingerprint density at radius 2 is 2.12 bits per heavy atom. The highest BCUT2D eigenvalue weighted by atomic mass is 19.1. The Balaban J connectivity index is 1.35. The number of hydrogen-bond donors (Lipinski definition) is 2. The minimum absolute atomic E-state index is 0.240. The zero-order chi connectivity index (χ0) is 22.7. The molecule has 2 saturated heterocycles. The Morgan fingerprint density at radius 3 is 3.00 bits per heavy atom. The van der Waals surface area contributed by atoms with Crippen molar-refractivity contribution in [3.05, 3.63) is 53.9 Å². The lowest BCUT2D eigenvalue weighted by Gasteiger charge is -2.34. The van der Waals surface area contributed by atoms with Gasteiger partial charge >= 0.3 is 0 Å².